The fraction of sp³-hybridized carbons (Fsp3) is 0.889. The van der Waals surface area contributed by atoms with Crippen LogP contribution in [0.1, 0.15) is 20.8 Å². The average Bonchev–Trinajstić information content (AvgIpc) is 2.67. The Morgan fingerprint density at radius 1 is 1.20 bits per heavy atom. The van der Waals surface area contributed by atoms with E-state index in [0.717, 1.165) is 32.1 Å². The second-order valence-corrected chi connectivity index (χ2v) is 4.80. The van der Waals surface area contributed by atoms with Crippen molar-refractivity contribution in [3.8, 4) is 0 Å². The van der Waals surface area contributed by atoms with Crippen LogP contribution in [0.25, 0.3) is 0 Å². The predicted octanol–water partition coefficient (Wildman–Crippen LogP) is -0.162. The summed E-state index contributed by atoms with van der Waals surface area (Å²) in [5.74, 6) is 0.879. The number of tetrazole rings is 1. The molecule has 0 saturated carbocycles. The number of hydrogen-bond donors (Lipinski definition) is 1. The molecule has 1 saturated heterocycles. The highest BCUT2D eigenvalue weighted by Gasteiger charge is 2.24. The molecule has 0 aromatic carbocycles. The minimum absolute atomic E-state index is 0.0658. The first kappa shape index (κ1) is 10.4. The lowest BCUT2D eigenvalue weighted by atomic mass is 10.1. The highest BCUT2D eigenvalue weighted by Crippen LogP contribution is 2.19. The Morgan fingerprint density at radius 3 is 2.47 bits per heavy atom. The third-order valence-corrected chi connectivity index (χ3v) is 2.49. The van der Waals surface area contributed by atoms with Gasteiger partial charge in [-0.1, -0.05) is 5.10 Å². The van der Waals surface area contributed by atoms with E-state index in [0.29, 0.717) is 0 Å². The molecule has 2 heterocycles. The third kappa shape index (κ3) is 2.09. The van der Waals surface area contributed by atoms with Gasteiger partial charge < -0.3 is 10.2 Å². The molecule has 1 aliphatic rings. The van der Waals surface area contributed by atoms with Gasteiger partial charge in [-0.15, -0.1) is 0 Å². The summed E-state index contributed by atoms with van der Waals surface area (Å²) in [6, 6.07) is 0. The van der Waals surface area contributed by atoms with Crippen LogP contribution < -0.4 is 10.2 Å². The van der Waals surface area contributed by atoms with E-state index in [1.807, 2.05) is 4.68 Å². The summed E-state index contributed by atoms with van der Waals surface area (Å²) in [5, 5.41) is 15.2. The second kappa shape index (κ2) is 3.77. The van der Waals surface area contributed by atoms with Crippen molar-refractivity contribution in [2.75, 3.05) is 31.1 Å². The summed E-state index contributed by atoms with van der Waals surface area (Å²) in [4.78, 5) is 2.22. The first-order chi connectivity index (χ1) is 7.09. The van der Waals surface area contributed by atoms with E-state index < -0.39 is 0 Å². The molecule has 1 aromatic rings. The lowest BCUT2D eigenvalue weighted by Crippen LogP contribution is -2.45. The van der Waals surface area contributed by atoms with Crippen molar-refractivity contribution < 1.29 is 0 Å². The van der Waals surface area contributed by atoms with Crippen LogP contribution >= 0.6 is 0 Å². The quantitative estimate of drug-likeness (QED) is 0.698. The van der Waals surface area contributed by atoms with Gasteiger partial charge in [0.15, 0.2) is 0 Å². The van der Waals surface area contributed by atoms with Gasteiger partial charge in [0.2, 0.25) is 5.95 Å². The van der Waals surface area contributed by atoms with Gasteiger partial charge in [-0.05, 0) is 31.2 Å². The van der Waals surface area contributed by atoms with E-state index in [4.69, 9.17) is 0 Å². The van der Waals surface area contributed by atoms with Crippen molar-refractivity contribution in [3.05, 3.63) is 0 Å². The lowest BCUT2D eigenvalue weighted by molar-refractivity contribution is 0.345. The van der Waals surface area contributed by atoms with Crippen LogP contribution in [0, 0.1) is 0 Å². The van der Waals surface area contributed by atoms with E-state index in [1.54, 1.807) is 0 Å². The van der Waals surface area contributed by atoms with Gasteiger partial charge in [0.05, 0.1) is 5.54 Å². The van der Waals surface area contributed by atoms with Gasteiger partial charge in [0, 0.05) is 26.2 Å². The molecule has 0 amide bonds. The summed E-state index contributed by atoms with van der Waals surface area (Å²) in [5.41, 5.74) is -0.0658. The normalized spacial score (nSPS) is 18.2. The molecule has 1 aliphatic heterocycles. The molecule has 0 atom stereocenters. The Hall–Kier alpha value is -1.17. The van der Waals surface area contributed by atoms with E-state index in [1.165, 1.54) is 0 Å². The Bertz CT molecular complexity index is 320. The standard InChI is InChI=1S/C9H18N6/c1-9(2,3)15-8(11-12-13-15)14-6-4-10-5-7-14/h10H,4-7H2,1-3H3. The second-order valence-electron chi connectivity index (χ2n) is 4.80. The summed E-state index contributed by atoms with van der Waals surface area (Å²) in [7, 11) is 0. The maximum absolute atomic E-state index is 4.11. The van der Waals surface area contributed by atoms with E-state index >= 15 is 0 Å². The smallest absolute Gasteiger partial charge is 0.246 e. The number of anilines is 1. The molecule has 0 radical (unpaired) electrons. The molecule has 0 aliphatic carbocycles. The van der Waals surface area contributed by atoms with Gasteiger partial charge in [-0.3, -0.25) is 0 Å². The molecule has 84 valence electrons. The molecule has 1 fully saturated rings. The Labute approximate surface area is 89.6 Å². The zero-order chi connectivity index (χ0) is 10.9. The van der Waals surface area contributed by atoms with Gasteiger partial charge >= 0.3 is 0 Å². The van der Waals surface area contributed by atoms with Gasteiger partial charge in [0.1, 0.15) is 0 Å². The van der Waals surface area contributed by atoms with Crippen molar-refractivity contribution in [1.82, 2.24) is 25.5 Å². The van der Waals surface area contributed by atoms with Crippen molar-refractivity contribution >= 4 is 5.95 Å². The summed E-state index contributed by atoms with van der Waals surface area (Å²) in [6.07, 6.45) is 0. The predicted molar refractivity (Wildman–Crippen MR) is 57.9 cm³/mol. The highest BCUT2D eigenvalue weighted by molar-refractivity contribution is 5.29. The summed E-state index contributed by atoms with van der Waals surface area (Å²) in [6.45, 7) is 10.3. The zero-order valence-electron chi connectivity index (χ0n) is 9.56. The Kier molecular flexibility index (Phi) is 2.60. The maximum Gasteiger partial charge on any atom is 0.246 e. The molecule has 1 N–H and O–H groups in total. The Morgan fingerprint density at radius 2 is 1.87 bits per heavy atom. The number of rotatable bonds is 1. The van der Waals surface area contributed by atoms with E-state index in [9.17, 15) is 0 Å². The minimum Gasteiger partial charge on any atom is -0.337 e. The van der Waals surface area contributed by atoms with E-state index in [2.05, 4.69) is 46.5 Å². The molecule has 0 bridgehead atoms. The molecule has 0 unspecified atom stereocenters. The average molecular weight is 210 g/mol. The maximum atomic E-state index is 4.11. The van der Waals surface area contributed by atoms with Crippen LogP contribution in [-0.2, 0) is 5.54 Å². The largest absolute Gasteiger partial charge is 0.337 e. The van der Waals surface area contributed by atoms with Gasteiger partial charge in [-0.2, -0.15) is 0 Å². The molecule has 0 spiro atoms. The zero-order valence-corrected chi connectivity index (χ0v) is 9.56. The highest BCUT2D eigenvalue weighted by atomic mass is 15.6. The summed E-state index contributed by atoms with van der Waals surface area (Å²) < 4.78 is 1.89. The van der Waals surface area contributed by atoms with Gasteiger partial charge in [-0.25, -0.2) is 4.68 Å². The van der Waals surface area contributed by atoms with Crippen molar-refractivity contribution in [3.63, 3.8) is 0 Å². The number of piperazine rings is 1. The first-order valence-electron chi connectivity index (χ1n) is 5.33. The lowest BCUT2D eigenvalue weighted by Gasteiger charge is -2.30. The van der Waals surface area contributed by atoms with E-state index in [-0.39, 0.29) is 5.54 Å². The van der Waals surface area contributed by atoms with Crippen LogP contribution in [0.15, 0.2) is 0 Å². The van der Waals surface area contributed by atoms with Crippen molar-refractivity contribution in [2.45, 2.75) is 26.3 Å². The summed E-state index contributed by atoms with van der Waals surface area (Å²) >= 11 is 0. The third-order valence-electron chi connectivity index (χ3n) is 2.49. The monoisotopic (exact) mass is 210 g/mol. The van der Waals surface area contributed by atoms with Gasteiger partial charge in [0.25, 0.3) is 0 Å². The number of nitrogens with one attached hydrogen (secondary N) is 1. The number of hydrogen-bond acceptors (Lipinski definition) is 5. The molecule has 15 heavy (non-hydrogen) atoms. The van der Waals surface area contributed by atoms with Crippen LogP contribution in [0.2, 0.25) is 0 Å². The van der Waals surface area contributed by atoms with Crippen LogP contribution in [0.3, 0.4) is 0 Å². The van der Waals surface area contributed by atoms with Crippen molar-refractivity contribution in [1.29, 1.82) is 0 Å². The van der Waals surface area contributed by atoms with Crippen LogP contribution in [0.4, 0.5) is 5.95 Å². The molecule has 1 aromatic heterocycles. The molecule has 6 nitrogen and oxygen atoms in total. The fourth-order valence-electron chi connectivity index (χ4n) is 1.68. The fourth-order valence-corrected chi connectivity index (χ4v) is 1.68. The van der Waals surface area contributed by atoms with Crippen LogP contribution in [0.5, 0.6) is 0 Å². The number of nitrogens with zero attached hydrogens (tertiary/aromatic N) is 5. The van der Waals surface area contributed by atoms with Crippen molar-refractivity contribution in [2.24, 2.45) is 0 Å². The minimum atomic E-state index is -0.0658. The first-order valence-corrected chi connectivity index (χ1v) is 5.33. The molecule has 2 rings (SSSR count). The Balaban J connectivity index is 2.24. The molecular weight excluding hydrogens is 192 g/mol. The number of aromatic nitrogens is 4. The SMILES string of the molecule is CC(C)(C)n1nnnc1N1CCNCC1. The topological polar surface area (TPSA) is 58.9 Å². The molecular formula is C9H18N6. The van der Waals surface area contributed by atoms with Crippen LogP contribution in [-0.4, -0.2) is 46.4 Å². The molecule has 6 heteroatoms.